The van der Waals surface area contributed by atoms with Gasteiger partial charge in [-0.05, 0) is 61.5 Å². The number of nitrogens with zero attached hydrogens (tertiary/aromatic N) is 3. The summed E-state index contributed by atoms with van der Waals surface area (Å²) < 4.78 is 7.42. The zero-order chi connectivity index (χ0) is 19.3. The summed E-state index contributed by atoms with van der Waals surface area (Å²) in [4.78, 5) is 12.7. The van der Waals surface area contributed by atoms with Gasteiger partial charge in [0.25, 0.3) is 5.91 Å². The zero-order valence-corrected chi connectivity index (χ0v) is 15.4. The summed E-state index contributed by atoms with van der Waals surface area (Å²) in [7, 11) is -0.951. The van der Waals surface area contributed by atoms with E-state index < -0.39 is 7.12 Å². The summed E-state index contributed by atoms with van der Waals surface area (Å²) in [5, 5.41) is 21.3. The number of carbonyl (C=O) groups is 1. The first-order chi connectivity index (χ1) is 13.6. The van der Waals surface area contributed by atoms with Crippen molar-refractivity contribution in [3.05, 3.63) is 65.5 Å². The van der Waals surface area contributed by atoms with Gasteiger partial charge in [-0.15, -0.1) is 5.10 Å². The molecule has 1 fully saturated rings. The van der Waals surface area contributed by atoms with Gasteiger partial charge in [-0.3, -0.25) is 4.79 Å². The van der Waals surface area contributed by atoms with E-state index >= 15 is 0 Å². The highest BCUT2D eigenvalue weighted by Crippen LogP contribution is 2.47. The van der Waals surface area contributed by atoms with Crippen molar-refractivity contribution in [3.8, 4) is 5.69 Å². The lowest BCUT2D eigenvalue weighted by Crippen LogP contribution is -2.35. The Balaban J connectivity index is 1.40. The summed E-state index contributed by atoms with van der Waals surface area (Å²) in [5.74, 6) is -0.341. The fourth-order valence-corrected chi connectivity index (χ4v) is 4.03. The van der Waals surface area contributed by atoms with Crippen LogP contribution in [0.1, 0.15) is 41.0 Å². The van der Waals surface area contributed by atoms with Gasteiger partial charge in [0.2, 0.25) is 0 Å². The molecular formula is C20H19BN4O3. The lowest BCUT2D eigenvalue weighted by atomic mass is 9.72. The summed E-state index contributed by atoms with van der Waals surface area (Å²) in [5.41, 5.74) is 3.76. The van der Waals surface area contributed by atoms with E-state index in [2.05, 4.69) is 15.6 Å². The maximum absolute atomic E-state index is 12.7. The molecule has 0 bridgehead atoms. The van der Waals surface area contributed by atoms with Gasteiger partial charge in [0.15, 0.2) is 5.69 Å². The van der Waals surface area contributed by atoms with Gasteiger partial charge in [0.1, 0.15) is 0 Å². The molecule has 2 N–H and O–H groups in total. The van der Waals surface area contributed by atoms with Gasteiger partial charge >= 0.3 is 7.12 Å². The second-order valence-electron chi connectivity index (χ2n) is 7.35. The normalized spacial score (nSPS) is 16.7. The molecule has 1 aromatic heterocycles. The number of carbonyl (C=O) groups excluding carboxylic acids is 1. The van der Waals surface area contributed by atoms with E-state index in [1.165, 1.54) is 0 Å². The number of aromatic nitrogens is 3. The predicted molar refractivity (Wildman–Crippen MR) is 105 cm³/mol. The molecular weight excluding hydrogens is 355 g/mol. The molecule has 1 amide bonds. The molecule has 7 nitrogen and oxygen atoms in total. The largest absolute Gasteiger partial charge is 0.492 e. The van der Waals surface area contributed by atoms with Crippen molar-refractivity contribution >= 4 is 24.2 Å². The monoisotopic (exact) mass is 374 g/mol. The highest BCUT2D eigenvalue weighted by molar-refractivity contribution is 6.62. The molecule has 2 aromatic carbocycles. The van der Waals surface area contributed by atoms with Crippen LogP contribution in [0.3, 0.4) is 0 Å². The fraction of sp³-hybridized carbons (Fsp3) is 0.250. The number of fused-ring (bicyclic) bond motifs is 2. The van der Waals surface area contributed by atoms with Crippen LogP contribution in [0.15, 0.2) is 48.5 Å². The van der Waals surface area contributed by atoms with Crippen molar-refractivity contribution in [3.63, 3.8) is 0 Å². The minimum atomic E-state index is -0.951. The molecule has 0 saturated heterocycles. The summed E-state index contributed by atoms with van der Waals surface area (Å²) >= 11 is 0. The van der Waals surface area contributed by atoms with Crippen LogP contribution < -0.4 is 10.8 Å². The first-order valence-corrected chi connectivity index (χ1v) is 9.37. The number of rotatable bonds is 3. The zero-order valence-electron chi connectivity index (χ0n) is 15.4. The summed E-state index contributed by atoms with van der Waals surface area (Å²) in [6.45, 7) is 1.81. The number of amides is 1. The lowest BCUT2D eigenvalue weighted by Gasteiger charge is -2.39. The first-order valence-electron chi connectivity index (χ1n) is 9.37. The molecule has 28 heavy (non-hydrogen) atoms. The van der Waals surface area contributed by atoms with Gasteiger partial charge in [0, 0.05) is 5.69 Å². The van der Waals surface area contributed by atoms with Crippen LogP contribution in [0.25, 0.3) is 5.69 Å². The van der Waals surface area contributed by atoms with Crippen molar-refractivity contribution in [2.45, 2.75) is 31.8 Å². The van der Waals surface area contributed by atoms with E-state index in [-0.39, 0.29) is 17.2 Å². The van der Waals surface area contributed by atoms with E-state index in [0.717, 1.165) is 36.0 Å². The van der Waals surface area contributed by atoms with E-state index in [4.69, 9.17) is 4.65 Å². The van der Waals surface area contributed by atoms with Crippen molar-refractivity contribution in [2.75, 3.05) is 5.32 Å². The molecule has 2 aliphatic rings. The Morgan fingerprint density at radius 2 is 2.04 bits per heavy atom. The van der Waals surface area contributed by atoms with Crippen LogP contribution >= 0.6 is 0 Å². The Kier molecular flexibility index (Phi) is 3.85. The average Bonchev–Trinajstić information content (AvgIpc) is 3.20. The van der Waals surface area contributed by atoms with Gasteiger partial charge in [0.05, 0.1) is 17.0 Å². The maximum Gasteiger partial charge on any atom is 0.492 e. The van der Waals surface area contributed by atoms with Gasteiger partial charge in [-0.25, -0.2) is 4.68 Å². The van der Waals surface area contributed by atoms with Crippen molar-refractivity contribution in [1.82, 2.24) is 15.0 Å². The Morgan fingerprint density at radius 1 is 1.25 bits per heavy atom. The average molecular weight is 374 g/mol. The number of nitrogens with one attached hydrogen (secondary N) is 1. The standard InChI is InChI=1S/C20H19BN4O3/c1-13-18(23-24-25(13)15-6-3-2-4-7-15)19(26)22-14-8-9-16-17(12-14)21(27)28-20(16)10-5-11-20/h2-4,6-9,12,27H,5,10-11H2,1H3,(H,22,26). The van der Waals surface area contributed by atoms with Crippen LogP contribution in [0.5, 0.6) is 0 Å². The van der Waals surface area contributed by atoms with Crippen LogP contribution in [0.2, 0.25) is 0 Å². The Morgan fingerprint density at radius 3 is 2.75 bits per heavy atom. The van der Waals surface area contributed by atoms with E-state index in [1.54, 1.807) is 10.7 Å². The third-order valence-electron chi connectivity index (χ3n) is 5.68. The molecule has 3 aromatic rings. The minimum Gasteiger partial charge on any atom is -0.423 e. The Bertz CT molecular complexity index is 1060. The van der Waals surface area contributed by atoms with Gasteiger partial charge < -0.3 is 15.0 Å². The topological polar surface area (TPSA) is 89.3 Å². The lowest BCUT2D eigenvalue weighted by molar-refractivity contribution is -0.0152. The van der Waals surface area contributed by atoms with Crippen molar-refractivity contribution in [2.24, 2.45) is 0 Å². The van der Waals surface area contributed by atoms with Gasteiger partial charge in [-0.2, -0.15) is 0 Å². The van der Waals surface area contributed by atoms with Gasteiger partial charge in [-0.1, -0.05) is 29.5 Å². The van der Waals surface area contributed by atoms with E-state index in [1.807, 2.05) is 49.4 Å². The highest BCUT2D eigenvalue weighted by Gasteiger charge is 2.50. The molecule has 8 heteroatoms. The maximum atomic E-state index is 12.7. The molecule has 2 heterocycles. The second-order valence-corrected chi connectivity index (χ2v) is 7.35. The summed E-state index contributed by atoms with van der Waals surface area (Å²) in [6, 6.07) is 15.1. The first kappa shape index (κ1) is 17.2. The quantitative estimate of drug-likeness (QED) is 0.684. The number of para-hydroxylation sites is 1. The van der Waals surface area contributed by atoms with Crippen LogP contribution in [-0.2, 0) is 10.3 Å². The molecule has 0 unspecified atom stereocenters. The molecule has 140 valence electrons. The summed E-state index contributed by atoms with van der Waals surface area (Å²) in [6.07, 6.45) is 2.94. The molecule has 1 aliphatic heterocycles. The molecule has 1 saturated carbocycles. The molecule has 1 spiro atoms. The van der Waals surface area contributed by atoms with Crippen LogP contribution in [-0.4, -0.2) is 33.0 Å². The predicted octanol–water partition coefficient (Wildman–Crippen LogP) is 1.92. The number of hydrogen-bond acceptors (Lipinski definition) is 5. The number of hydrogen-bond donors (Lipinski definition) is 2. The molecule has 5 rings (SSSR count). The number of benzene rings is 2. The van der Waals surface area contributed by atoms with Crippen molar-refractivity contribution < 1.29 is 14.5 Å². The molecule has 0 radical (unpaired) electrons. The SMILES string of the molecule is Cc1c(C(=O)Nc2ccc3c(c2)B(O)OC32CCC2)nnn1-c1ccccc1. The third kappa shape index (κ3) is 2.56. The van der Waals surface area contributed by atoms with E-state index in [9.17, 15) is 9.82 Å². The van der Waals surface area contributed by atoms with Crippen LogP contribution in [0, 0.1) is 6.92 Å². The van der Waals surface area contributed by atoms with Crippen LogP contribution in [0.4, 0.5) is 5.69 Å². The Labute approximate surface area is 162 Å². The second kappa shape index (κ2) is 6.29. The smallest absolute Gasteiger partial charge is 0.423 e. The fourth-order valence-electron chi connectivity index (χ4n) is 4.03. The number of anilines is 1. The molecule has 0 atom stereocenters. The van der Waals surface area contributed by atoms with E-state index in [0.29, 0.717) is 11.4 Å². The highest BCUT2D eigenvalue weighted by atomic mass is 16.5. The molecule has 1 aliphatic carbocycles. The minimum absolute atomic E-state index is 0.261. The third-order valence-corrected chi connectivity index (χ3v) is 5.68. The van der Waals surface area contributed by atoms with Crippen molar-refractivity contribution in [1.29, 1.82) is 0 Å². The Hall–Kier alpha value is -2.97.